The summed E-state index contributed by atoms with van der Waals surface area (Å²) in [6, 6.07) is 15.1. The summed E-state index contributed by atoms with van der Waals surface area (Å²) in [5.74, 6) is 0.975. The van der Waals surface area contributed by atoms with Crippen molar-refractivity contribution >= 4 is 0 Å². The van der Waals surface area contributed by atoms with Crippen LogP contribution in [0.1, 0.15) is 24.5 Å². The van der Waals surface area contributed by atoms with Gasteiger partial charge in [0.2, 0.25) is 0 Å². The summed E-state index contributed by atoms with van der Waals surface area (Å²) < 4.78 is 10.9. The van der Waals surface area contributed by atoms with Crippen molar-refractivity contribution in [2.24, 2.45) is 11.8 Å². The summed E-state index contributed by atoms with van der Waals surface area (Å²) in [6.07, 6.45) is -6.95. The molecular weight excluding hydrogens is 440 g/mol. The van der Waals surface area contributed by atoms with E-state index in [-0.39, 0.29) is 5.92 Å². The van der Waals surface area contributed by atoms with Crippen molar-refractivity contribution in [3.63, 3.8) is 0 Å². The summed E-state index contributed by atoms with van der Waals surface area (Å²) in [5, 5.41) is 60.8. The maximum Gasteiger partial charge on any atom is 0.122 e. The molecule has 0 aliphatic rings. The molecule has 0 saturated heterocycles. The molecule has 0 bridgehead atoms. The summed E-state index contributed by atoms with van der Waals surface area (Å²) in [5.41, 5.74) is 1.85. The van der Waals surface area contributed by atoms with E-state index in [0.29, 0.717) is 25.0 Å². The molecule has 2 aromatic carbocycles. The van der Waals surface area contributed by atoms with Crippen molar-refractivity contribution in [2.45, 2.75) is 56.7 Å². The summed E-state index contributed by atoms with van der Waals surface area (Å²) in [6.45, 7) is 1.24. The van der Waals surface area contributed by atoms with Gasteiger partial charge < -0.3 is 40.1 Å². The van der Waals surface area contributed by atoms with Gasteiger partial charge in [-0.2, -0.15) is 0 Å². The third-order valence-corrected chi connectivity index (χ3v) is 6.25. The second-order valence-electron chi connectivity index (χ2n) is 8.85. The molecule has 2 aromatic rings. The minimum atomic E-state index is -1.85. The highest BCUT2D eigenvalue weighted by molar-refractivity contribution is 5.34. The molecule has 0 fully saturated rings. The van der Waals surface area contributed by atoms with Crippen molar-refractivity contribution in [2.75, 3.05) is 20.8 Å². The number of rotatable bonds is 14. The van der Waals surface area contributed by atoms with Gasteiger partial charge in [0.15, 0.2) is 0 Å². The molecule has 3 unspecified atom stereocenters. The monoisotopic (exact) mass is 478 g/mol. The number of methoxy groups -OCH3 is 2. The Hall–Kier alpha value is -2.20. The highest BCUT2D eigenvalue weighted by atomic mass is 16.5. The SMILES string of the molecule is COc1ccccc1CC(C)CC(Cc1ccccc1OC)C(O)[C@@H](O)[C@@H](O)[C@H](O)[C@@H](O)CO. The van der Waals surface area contributed by atoms with Crippen LogP contribution in [-0.4, -0.2) is 82.0 Å². The zero-order valence-electron chi connectivity index (χ0n) is 20.0. The summed E-state index contributed by atoms with van der Waals surface area (Å²) in [7, 11) is 3.17. The Morgan fingerprint density at radius 1 is 0.676 bits per heavy atom. The molecule has 0 amide bonds. The first-order valence-corrected chi connectivity index (χ1v) is 11.5. The summed E-state index contributed by atoms with van der Waals surface area (Å²) in [4.78, 5) is 0. The fourth-order valence-electron chi connectivity index (χ4n) is 4.36. The third-order valence-electron chi connectivity index (χ3n) is 6.25. The lowest BCUT2D eigenvalue weighted by molar-refractivity contribution is -0.149. The van der Waals surface area contributed by atoms with Crippen LogP contribution >= 0.6 is 0 Å². The minimum Gasteiger partial charge on any atom is -0.496 e. The predicted octanol–water partition coefficient (Wildman–Crippen LogP) is 0.928. The average molecular weight is 479 g/mol. The Bertz CT molecular complexity index is 860. The number of hydrogen-bond donors (Lipinski definition) is 6. The molecule has 8 heteroatoms. The van der Waals surface area contributed by atoms with Gasteiger partial charge in [-0.05, 0) is 54.4 Å². The van der Waals surface area contributed by atoms with Crippen LogP contribution in [-0.2, 0) is 12.8 Å². The molecule has 0 heterocycles. The lowest BCUT2D eigenvalue weighted by Crippen LogP contribution is -2.52. The van der Waals surface area contributed by atoms with Gasteiger partial charge >= 0.3 is 0 Å². The van der Waals surface area contributed by atoms with Gasteiger partial charge in [0.1, 0.15) is 35.9 Å². The third kappa shape index (κ3) is 7.40. The number of ether oxygens (including phenoxy) is 2. The predicted molar refractivity (Wildman–Crippen MR) is 128 cm³/mol. The first kappa shape index (κ1) is 28.0. The van der Waals surface area contributed by atoms with Gasteiger partial charge in [-0.15, -0.1) is 0 Å². The Kier molecular flexibility index (Phi) is 11.2. The zero-order chi connectivity index (χ0) is 25.3. The molecule has 0 aliphatic carbocycles. The van der Waals surface area contributed by atoms with Crippen LogP contribution in [0, 0.1) is 11.8 Å². The van der Waals surface area contributed by atoms with E-state index in [1.54, 1.807) is 14.2 Å². The number of hydrogen-bond acceptors (Lipinski definition) is 8. The molecule has 0 saturated carbocycles. The molecule has 0 spiro atoms. The van der Waals surface area contributed by atoms with Crippen molar-refractivity contribution in [3.05, 3.63) is 59.7 Å². The highest BCUT2D eigenvalue weighted by Gasteiger charge is 2.38. The van der Waals surface area contributed by atoms with E-state index in [9.17, 15) is 25.5 Å². The van der Waals surface area contributed by atoms with Crippen LogP contribution in [0.15, 0.2) is 48.5 Å². The molecule has 7 atom stereocenters. The average Bonchev–Trinajstić information content (AvgIpc) is 2.86. The lowest BCUT2D eigenvalue weighted by atomic mass is 9.80. The van der Waals surface area contributed by atoms with Gasteiger partial charge in [-0.25, -0.2) is 0 Å². The fraction of sp³-hybridized carbons (Fsp3) is 0.538. The zero-order valence-corrected chi connectivity index (χ0v) is 20.0. The molecule has 8 nitrogen and oxygen atoms in total. The van der Waals surface area contributed by atoms with E-state index in [1.807, 2.05) is 55.5 Å². The molecule has 0 aliphatic heterocycles. The lowest BCUT2D eigenvalue weighted by Gasteiger charge is -2.34. The van der Waals surface area contributed by atoms with Gasteiger partial charge in [0.25, 0.3) is 0 Å². The van der Waals surface area contributed by atoms with Crippen LogP contribution in [0.5, 0.6) is 11.5 Å². The van der Waals surface area contributed by atoms with Crippen molar-refractivity contribution < 1.29 is 40.1 Å². The Morgan fingerprint density at radius 2 is 1.15 bits per heavy atom. The van der Waals surface area contributed by atoms with E-state index in [4.69, 9.17) is 14.6 Å². The Morgan fingerprint density at radius 3 is 1.65 bits per heavy atom. The van der Waals surface area contributed by atoms with E-state index in [0.717, 1.165) is 16.9 Å². The maximum absolute atomic E-state index is 11.1. The molecular formula is C26H38O8. The van der Waals surface area contributed by atoms with E-state index < -0.39 is 43.0 Å². The molecule has 34 heavy (non-hydrogen) atoms. The second-order valence-corrected chi connectivity index (χ2v) is 8.85. The van der Waals surface area contributed by atoms with Crippen molar-refractivity contribution in [3.8, 4) is 11.5 Å². The largest absolute Gasteiger partial charge is 0.496 e. The van der Waals surface area contributed by atoms with Gasteiger partial charge in [0.05, 0.1) is 26.9 Å². The first-order valence-electron chi connectivity index (χ1n) is 11.5. The standard InChI is InChI=1S/C26H38O8/c1-16(12-17-8-4-6-10-21(17)33-2)13-19(14-18-9-5-7-11-22(18)34-3)23(29)25(31)26(32)24(30)20(28)15-27/h4-11,16,19-20,23-32H,12-15H2,1-3H3/t16?,19?,20-,23?,24+,25+,26-/m0/s1. The Labute approximate surface area is 201 Å². The number of aliphatic hydroxyl groups excluding tert-OH is 6. The van der Waals surface area contributed by atoms with E-state index in [2.05, 4.69) is 0 Å². The van der Waals surface area contributed by atoms with E-state index in [1.165, 1.54) is 0 Å². The molecule has 0 radical (unpaired) electrons. The Balaban J connectivity index is 2.25. The molecule has 2 rings (SSSR count). The van der Waals surface area contributed by atoms with Crippen LogP contribution in [0.3, 0.4) is 0 Å². The highest BCUT2D eigenvalue weighted by Crippen LogP contribution is 2.31. The van der Waals surface area contributed by atoms with Gasteiger partial charge in [0, 0.05) is 0 Å². The number of aliphatic hydroxyl groups is 6. The van der Waals surface area contributed by atoms with Gasteiger partial charge in [-0.1, -0.05) is 43.3 Å². The van der Waals surface area contributed by atoms with Crippen LogP contribution in [0.25, 0.3) is 0 Å². The fourth-order valence-corrected chi connectivity index (χ4v) is 4.36. The van der Waals surface area contributed by atoms with Gasteiger partial charge in [-0.3, -0.25) is 0 Å². The minimum absolute atomic E-state index is 0.0722. The summed E-state index contributed by atoms with van der Waals surface area (Å²) >= 11 is 0. The molecule has 6 N–H and O–H groups in total. The normalized spacial score (nSPS) is 17.8. The van der Waals surface area contributed by atoms with Crippen LogP contribution in [0.2, 0.25) is 0 Å². The topological polar surface area (TPSA) is 140 Å². The number of para-hydroxylation sites is 2. The second kappa shape index (κ2) is 13.6. The number of benzene rings is 2. The first-order chi connectivity index (χ1) is 16.2. The maximum atomic E-state index is 11.1. The molecule has 190 valence electrons. The van der Waals surface area contributed by atoms with Crippen molar-refractivity contribution in [1.82, 2.24) is 0 Å². The van der Waals surface area contributed by atoms with Crippen LogP contribution < -0.4 is 9.47 Å². The van der Waals surface area contributed by atoms with E-state index >= 15 is 0 Å². The quantitative estimate of drug-likeness (QED) is 0.236. The van der Waals surface area contributed by atoms with Crippen molar-refractivity contribution in [1.29, 1.82) is 0 Å². The smallest absolute Gasteiger partial charge is 0.122 e. The van der Waals surface area contributed by atoms with Crippen LogP contribution in [0.4, 0.5) is 0 Å². The molecule has 0 aromatic heterocycles.